The Morgan fingerprint density at radius 3 is 2.62 bits per heavy atom. The molecule has 8 nitrogen and oxygen atoms in total. The number of ketones is 1. The van der Waals surface area contributed by atoms with Gasteiger partial charge in [0.25, 0.3) is 0 Å². The van der Waals surface area contributed by atoms with E-state index < -0.39 is 6.04 Å². The van der Waals surface area contributed by atoms with E-state index in [1.54, 1.807) is 25.1 Å². The number of ether oxygens (including phenoxy) is 2. The summed E-state index contributed by atoms with van der Waals surface area (Å²) >= 11 is 0. The molecular formula is C24H25N5O3. The molecule has 2 aromatic heterocycles. The summed E-state index contributed by atoms with van der Waals surface area (Å²) in [7, 11) is 3.19. The minimum atomic E-state index is -0.424. The highest BCUT2D eigenvalue weighted by atomic mass is 16.5. The fraction of sp³-hybridized carbons (Fsp3) is 0.333. The van der Waals surface area contributed by atoms with Crippen LogP contribution in [0.3, 0.4) is 0 Å². The maximum atomic E-state index is 13.3. The first-order valence-electron chi connectivity index (χ1n) is 10.5. The Morgan fingerprint density at radius 1 is 1.09 bits per heavy atom. The molecule has 32 heavy (non-hydrogen) atoms. The summed E-state index contributed by atoms with van der Waals surface area (Å²) in [5.41, 5.74) is 3.06. The molecule has 164 valence electrons. The predicted octanol–water partition coefficient (Wildman–Crippen LogP) is 4.02. The Hall–Kier alpha value is -3.68. The van der Waals surface area contributed by atoms with Crippen LogP contribution in [-0.2, 0) is 4.79 Å². The first-order chi connectivity index (χ1) is 15.4. The largest absolute Gasteiger partial charge is 0.493 e. The molecule has 0 amide bonds. The van der Waals surface area contributed by atoms with Gasteiger partial charge in [0.05, 0.1) is 19.9 Å². The van der Waals surface area contributed by atoms with E-state index in [0.29, 0.717) is 29.7 Å². The number of hydrogen-bond acceptors (Lipinski definition) is 7. The van der Waals surface area contributed by atoms with Crippen molar-refractivity contribution >= 4 is 11.7 Å². The second kappa shape index (κ2) is 7.47. The molecule has 1 aromatic carbocycles. The lowest BCUT2D eigenvalue weighted by molar-refractivity contribution is -0.118. The molecule has 3 aromatic rings. The summed E-state index contributed by atoms with van der Waals surface area (Å²) in [4.78, 5) is 22.6. The zero-order valence-corrected chi connectivity index (χ0v) is 18.5. The molecule has 1 aliphatic carbocycles. The molecule has 5 rings (SSSR count). The highest BCUT2D eigenvalue weighted by molar-refractivity contribution is 6.00. The van der Waals surface area contributed by atoms with Gasteiger partial charge in [-0.25, -0.2) is 4.68 Å². The van der Waals surface area contributed by atoms with Gasteiger partial charge in [0.1, 0.15) is 6.04 Å². The smallest absolute Gasteiger partial charge is 0.226 e. The Labute approximate surface area is 186 Å². The van der Waals surface area contributed by atoms with Crippen molar-refractivity contribution in [3.8, 4) is 22.9 Å². The van der Waals surface area contributed by atoms with E-state index in [9.17, 15) is 4.79 Å². The average Bonchev–Trinajstić information content (AvgIpc) is 3.20. The molecular weight excluding hydrogens is 406 g/mol. The fourth-order valence-electron chi connectivity index (χ4n) is 4.52. The first-order valence-corrected chi connectivity index (χ1v) is 10.5. The number of nitrogens with one attached hydrogen (secondary N) is 1. The third kappa shape index (κ3) is 3.32. The lowest BCUT2D eigenvalue weighted by Crippen LogP contribution is -2.36. The maximum Gasteiger partial charge on any atom is 0.226 e. The average molecular weight is 431 g/mol. The summed E-state index contributed by atoms with van der Waals surface area (Å²) in [6.07, 6.45) is 2.99. The van der Waals surface area contributed by atoms with Crippen molar-refractivity contribution < 1.29 is 14.3 Å². The van der Waals surface area contributed by atoms with E-state index in [0.717, 1.165) is 28.9 Å². The Morgan fingerprint density at radius 2 is 1.91 bits per heavy atom. The van der Waals surface area contributed by atoms with Gasteiger partial charge in [0.15, 0.2) is 23.1 Å². The minimum absolute atomic E-state index is 0.119. The van der Waals surface area contributed by atoms with Gasteiger partial charge < -0.3 is 14.8 Å². The molecule has 0 bridgehead atoms. The van der Waals surface area contributed by atoms with Gasteiger partial charge in [-0.15, -0.1) is 5.10 Å². The number of fused-ring (bicyclic) bond motifs is 1. The van der Waals surface area contributed by atoms with Crippen LogP contribution in [0.2, 0.25) is 0 Å². The highest BCUT2D eigenvalue weighted by Gasteiger charge is 2.42. The number of methoxy groups -OCH3 is 2. The molecule has 1 aliphatic heterocycles. The van der Waals surface area contributed by atoms with Gasteiger partial charge >= 0.3 is 0 Å². The van der Waals surface area contributed by atoms with Crippen LogP contribution >= 0.6 is 0 Å². The molecule has 0 spiro atoms. The van der Waals surface area contributed by atoms with Crippen LogP contribution in [-0.4, -0.2) is 39.8 Å². The van der Waals surface area contributed by atoms with Crippen LogP contribution in [0.4, 0.5) is 5.95 Å². The number of pyridine rings is 1. The minimum Gasteiger partial charge on any atom is -0.493 e. The summed E-state index contributed by atoms with van der Waals surface area (Å²) in [6.45, 7) is 4.22. The van der Waals surface area contributed by atoms with Gasteiger partial charge in [-0.1, -0.05) is 19.9 Å². The van der Waals surface area contributed by atoms with Gasteiger partial charge in [-0.3, -0.25) is 9.78 Å². The van der Waals surface area contributed by atoms with E-state index >= 15 is 0 Å². The van der Waals surface area contributed by atoms with E-state index in [4.69, 9.17) is 19.6 Å². The Kier molecular flexibility index (Phi) is 4.73. The van der Waals surface area contributed by atoms with E-state index in [1.165, 1.54) is 0 Å². The number of aromatic nitrogens is 4. The van der Waals surface area contributed by atoms with Crippen molar-refractivity contribution in [2.24, 2.45) is 5.41 Å². The highest BCUT2D eigenvalue weighted by Crippen LogP contribution is 2.45. The van der Waals surface area contributed by atoms with Crippen LogP contribution in [0.1, 0.15) is 38.4 Å². The van der Waals surface area contributed by atoms with Gasteiger partial charge in [0, 0.05) is 29.5 Å². The number of carbonyl (C=O) groups excluding carboxylic acids is 1. The summed E-state index contributed by atoms with van der Waals surface area (Å²) in [5.74, 6) is 2.47. The molecule has 2 aliphatic rings. The molecule has 0 saturated heterocycles. The van der Waals surface area contributed by atoms with Crippen molar-refractivity contribution in [1.82, 2.24) is 19.7 Å². The number of anilines is 1. The van der Waals surface area contributed by atoms with Crippen molar-refractivity contribution in [2.45, 2.75) is 32.7 Å². The van der Waals surface area contributed by atoms with E-state index in [1.807, 2.05) is 36.4 Å². The number of allylic oxidation sites excluding steroid dienone is 2. The first kappa shape index (κ1) is 20.2. The van der Waals surface area contributed by atoms with Gasteiger partial charge in [0.2, 0.25) is 5.95 Å². The lowest BCUT2D eigenvalue weighted by Gasteiger charge is -2.37. The molecule has 0 saturated carbocycles. The molecule has 3 heterocycles. The van der Waals surface area contributed by atoms with Crippen molar-refractivity contribution in [2.75, 3.05) is 19.5 Å². The molecule has 8 heteroatoms. The van der Waals surface area contributed by atoms with Crippen molar-refractivity contribution in [3.63, 3.8) is 0 Å². The van der Waals surface area contributed by atoms with Gasteiger partial charge in [-0.2, -0.15) is 4.98 Å². The number of Topliss-reactive ketones (excluding diaryl/α,β-unsaturated/α-hetero) is 1. The maximum absolute atomic E-state index is 13.3. The van der Waals surface area contributed by atoms with E-state index in [2.05, 4.69) is 24.1 Å². The summed E-state index contributed by atoms with van der Waals surface area (Å²) < 4.78 is 12.5. The van der Waals surface area contributed by atoms with Crippen LogP contribution < -0.4 is 14.8 Å². The monoisotopic (exact) mass is 431 g/mol. The van der Waals surface area contributed by atoms with Crippen LogP contribution in [0.15, 0.2) is 53.9 Å². The predicted molar refractivity (Wildman–Crippen MR) is 120 cm³/mol. The third-order valence-corrected chi connectivity index (χ3v) is 5.94. The summed E-state index contributed by atoms with van der Waals surface area (Å²) in [5, 5.41) is 8.18. The Balaban J connectivity index is 1.65. The SMILES string of the molecule is COc1ccc(-c2nc3n(n2)C(c2ccccn2)C2=C(CC(C)(C)CC2=O)N3)cc1OC. The van der Waals surface area contributed by atoms with Crippen LogP contribution in [0.5, 0.6) is 11.5 Å². The molecule has 1 N–H and O–H groups in total. The van der Waals surface area contributed by atoms with Crippen LogP contribution in [0.25, 0.3) is 11.4 Å². The summed E-state index contributed by atoms with van der Waals surface area (Å²) in [6, 6.07) is 10.9. The zero-order chi connectivity index (χ0) is 22.5. The van der Waals surface area contributed by atoms with E-state index in [-0.39, 0.29) is 11.2 Å². The third-order valence-electron chi connectivity index (χ3n) is 5.94. The van der Waals surface area contributed by atoms with Gasteiger partial charge in [-0.05, 0) is 42.2 Å². The van der Waals surface area contributed by atoms with Crippen LogP contribution in [0, 0.1) is 5.41 Å². The second-order valence-corrected chi connectivity index (χ2v) is 8.89. The van der Waals surface area contributed by atoms with Crippen molar-refractivity contribution in [1.29, 1.82) is 0 Å². The fourth-order valence-corrected chi connectivity index (χ4v) is 4.52. The molecule has 1 unspecified atom stereocenters. The number of rotatable bonds is 4. The number of benzene rings is 1. The number of carbonyl (C=O) groups is 1. The lowest BCUT2D eigenvalue weighted by atomic mass is 9.73. The standard InChI is InChI=1S/C24H25N5O3/c1-24(2)12-16-20(17(30)13-24)21(15-7-5-6-10-25-15)29-23(26-16)27-22(28-29)14-8-9-18(31-3)19(11-14)32-4/h5-11,21H,12-13H2,1-4H3,(H,26,27,28). The molecule has 0 radical (unpaired) electrons. The molecule has 0 fully saturated rings. The molecule has 1 atom stereocenters. The topological polar surface area (TPSA) is 91.2 Å². The zero-order valence-electron chi connectivity index (χ0n) is 18.5. The number of hydrogen-bond donors (Lipinski definition) is 1. The van der Waals surface area contributed by atoms with Crippen molar-refractivity contribution in [3.05, 3.63) is 59.6 Å². The second-order valence-electron chi connectivity index (χ2n) is 8.89. The normalized spacial score (nSPS) is 19.1. The quantitative estimate of drug-likeness (QED) is 0.667. The number of nitrogens with zero attached hydrogens (tertiary/aromatic N) is 4. The Bertz CT molecular complexity index is 1230.